The molecule has 0 saturated carbocycles. The molecule has 1 aromatic carbocycles. The fraction of sp³-hybridized carbons (Fsp3) is 0.250. The van der Waals surface area contributed by atoms with Gasteiger partial charge in [0.05, 0.1) is 25.5 Å². The predicted octanol–water partition coefficient (Wildman–Crippen LogP) is 3.71. The molecule has 2 aromatic heterocycles. The summed E-state index contributed by atoms with van der Waals surface area (Å²) in [5.74, 6) is 0.747. The van der Waals surface area contributed by atoms with Gasteiger partial charge in [0, 0.05) is 5.56 Å². The van der Waals surface area contributed by atoms with E-state index in [0.717, 1.165) is 23.3 Å². The normalized spacial score (nSPS) is 12.2. The number of nitrogens with zero attached hydrogens (tertiary/aromatic N) is 3. The van der Waals surface area contributed by atoms with Crippen LogP contribution in [0.1, 0.15) is 20.3 Å². The minimum atomic E-state index is -0.214. The highest BCUT2D eigenvalue weighted by Crippen LogP contribution is 2.22. The molecular formula is C20H22N4O2. The quantitative estimate of drug-likeness (QED) is 0.688. The molecule has 0 bridgehead atoms. The van der Waals surface area contributed by atoms with Gasteiger partial charge in [-0.1, -0.05) is 37.3 Å². The van der Waals surface area contributed by atoms with Gasteiger partial charge in [-0.3, -0.25) is 9.55 Å². The van der Waals surface area contributed by atoms with Gasteiger partial charge in [0.2, 0.25) is 0 Å². The van der Waals surface area contributed by atoms with Crippen LogP contribution >= 0.6 is 0 Å². The predicted molar refractivity (Wildman–Crippen MR) is 103 cm³/mol. The highest BCUT2D eigenvalue weighted by Gasteiger charge is 2.12. The molecule has 2 heterocycles. The number of rotatable bonds is 6. The maximum absolute atomic E-state index is 12.4. The zero-order valence-corrected chi connectivity index (χ0v) is 15.2. The van der Waals surface area contributed by atoms with E-state index in [4.69, 9.17) is 4.74 Å². The van der Waals surface area contributed by atoms with E-state index < -0.39 is 0 Å². The van der Waals surface area contributed by atoms with Gasteiger partial charge in [0.25, 0.3) is 0 Å². The molecule has 0 spiro atoms. The van der Waals surface area contributed by atoms with Crippen LogP contribution in [0, 0.1) is 0 Å². The van der Waals surface area contributed by atoms with Crippen LogP contribution in [-0.2, 0) is 6.54 Å². The second-order valence-electron chi connectivity index (χ2n) is 5.86. The number of ether oxygens (including phenoxy) is 1. The Morgan fingerprint density at radius 1 is 1.38 bits per heavy atom. The Balaban J connectivity index is 2.08. The maximum atomic E-state index is 12.4. The Hall–Kier alpha value is -3.15. The zero-order valence-electron chi connectivity index (χ0n) is 15.2. The topological polar surface area (TPSA) is 72.8 Å². The summed E-state index contributed by atoms with van der Waals surface area (Å²) in [6, 6.07) is 7.61. The van der Waals surface area contributed by atoms with Gasteiger partial charge in [0.1, 0.15) is 5.75 Å². The molecule has 26 heavy (non-hydrogen) atoms. The van der Waals surface area contributed by atoms with E-state index in [9.17, 15) is 4.79 Å². The number of hydrogen-bond donors (Lipinski definition) is 1. The number of imidazole rings is 1. The van der Waals surface area contributed by atoms with E-state index in [1.54, 1.807) is 17.9 Å². The number of benzene rings is 1. The third kappa shape index (κ3) is 3.59. The maximum Gasteiger partial charge on any atom is 0.329 e. The molecule has 0 aliphatic carbocycles. The van der Waals surface area contributed by atoms with Crippen molar-refractivity contribution in [2.75, 3.05) is 7.11 Å². The molecule has 0 atom stereocenters. The first-order valence-corrected chi connectivity index (χ1v) is 8.58. The van der Waals surface area contributed by atoms with Crippen LogP contribution in [0.25, 0.3) is 22.6 Å². The number of H-pyrrole nitrogens is 1. The molecule has 0 aliphatic rings. The second kappa shape index (κ2) is 7.82. The second-order valence-corrected chi connectivity index (χ2v) is 5.86. The fourth-order valence-electron chi connectivity index (χ4n) is 2.83. The summed E-state index contributed by atoms with van der Waals surface area (Å²) >= 11 is 0. The van der Waals surface area contributed by atoms with Crippen molar-refractivity contribution < 1.29 is 4.74 Å². The average Bonchev–Trinajstić information content (AvgIpc) is 2.97. The summed E-state index contributed by atoms with van der Waals surface area (Å²) in [7, 11) is 1.63. The summed E-state index contributed by atoms with van der Waals surface area (Å²) in [6.07, 6.45) is 8.64. The highest BCUT2D eigenvalue weighted by atomic mass is 16.5. The molecule has 1 N–H and O–H groups in total. The standard InChI is InChI=1S/C20H22N4O2/c1-4-7-14(8-5-2)13-24-19-18(23-20(24)25)21-12-17(22-19)15-9-6-10-16(11-15)26-3/h4,6-12H,5,13H2,1-3H3,(H,21,23,25)/b7-4-,14-8+. The number of aromatic nitrogens is 4. The lowest BCUT2D eigenvalue weighted by Gasteiger charge is -2.06. The number of aromatic amines is 1. The van der Waals surface area contributed by atoms with Crippen molar-refractivity contribution >= 4 is 11.3 Å². The van der Waals surface area contributed by atoms with E-state index in [-0.39, 0.29) is 5.69 Å². The van der Waals surface area contributed by atoms with Crippen molar-refractivity contribution in [3.05, 3.63) is 64.7 Å². The van der Waals surface area contributed by atoms with E-state index in [0.29, 0.717) is 23.5 Å². The lowest BCUT2D eigenvalue weighted by molar-refractivity contribution is 0.415. The molecular weight excluding hydrogens is 328 g/mol. The Morgan fingerprint density at radius 2 is 2.23 bits per heavy atom. The number of nitrogens with one attached hydrogen (secondary N) is 1. The van der Waals surface area contributed by atoms with Crippen molar-refractivity contribution in [3.63, 3.8) is 0 Å². The smallest absolute Gasteiger partial charge is 0.329 e. The number of hydrogen-bond acceptors (Lipinski definition) is 4. The summed E-state index contributed by atoms with van der Waals surface area (Å²) < 4.78 is 6.89. The Kier molecular flexibility index (Phi) is 5.31. The van der Waals surface area contributed by atoms with Crippen LogP contribution in [0.5, 0.6) is 5.75 Å². The Bertz CT molecular complexity index is 1030. The number of methoxy groups -OCH3 is 1. The third-order valence-electron chi connectivity index (χ3n) is 4.03. The molecule has 0 aliphatic heterocycles. The SMILES string of the molecule is C/C=C\C(=C/CC)Cn1c(=O)[nH]c2ncc(-c3cccc(OC)c3)nc21. The van der Waals surface area contributed by atoms with E-state index in [1.807, 2.05) is 43.3 Å². The molecule has 0 unspecified atom stereocenters. The molecule has 134 valence electrons. The van der Waals surface area contributed by atoms with E-state index >= 15 is 0 Å². The van der Waals surface area contributed by atoms with Crippen molar-refractivity contribution in [3.8, 4) is 17.0 Å². The van der Waals surface area contributed by atoms with Crippen LogP contribution in [0.15, 0.2) is 59.1 Å². The average molecular weight is 350 g/mol. The van der Waals surface area contributed by atoms with Crippen LogP contribution in [-0.4, -0.2) is 26.6 Å². The first kappa shape index (κ1) is 17.7. The lowest BCUT2D eigenvalue weighted by atomic mass is 10.1. The fourth-order valence-corrected chi connectivity index (χ4v) is 2.83. The van der Waals surface area contributed by atoms with E-state index in [1.165, 1.54) is 0 Å². The van der Waals surface area contributed by atoms with Crippen molar-refractivity contribution in [1.82, 2.24) is 19.5 Å². The van der Waals surface area contributed by atoms with Crippen molar-refractivity contribution in [1.29, 1.82) is 0 Å². The van der Waals surface area contributed by atoms with Gasteiger partial charge in [-0.05, 0) is 31.1 Å². The van der Waals surface area contributed by atoms with Gasteiger partial charge in [0.15, 0.2) is 11.3 Å². The largest absolute Gasteiger partial charge is 0.497 e. The van der Waals surface area contributed by atoms with Gasteiger partial charge in [-0.2, -0.15) is 0 Å². The van der Waals surface area contributed by atoms with Crippen molar-refractivity contribution in [2.45, 2.75) is 26.8 Å². The number of fused-ring (bicyclic) bond motifs is 1. The summed E-state index contributed by atoms with van der Waals surface area (Å²) in [5, 5.41) is 0. The zero-order chi connectivity index (χ0) is 18.5. The molecule has 0 amide bonds. The minimum Gasteiger partial charge on any atom is -0.497 e. The summed E-state index contributed by atoms with van der Waals surface area (Å²) in [6.45, 7) is 4.48. The van der Waals surface area contributed by atoms with E-state index in [2.05, 4.69) is 28.0 Å². The van der Waals surface area contributed by atoms with Crippen LogP contribution < -0.4 is 10.4 Å². The highest BCUT2D eigenvalue weighted by molar-refractivity contribution is 5.71. The monoisotopic (exact) mass is 350 g/mol. The third-order valence-corrected chi connectivity index (χ3v) is 4.03. The van der Waals surface area contributed by atoms with Gasteiger partial charge >= 0.3 is 5.69 Å². The first-order chi connectivity index (χ1) is 12.7. The molecule has 0 radical (unpaired) electrons. The molecule has 0 fully saturated rings. The van der Waals surface area contributed by atoms with Crippen molar-refractivity contribution in [2.24, 2.45) is 0 Å². The number of allylic oxidation sites excluding steroid dienone is 4. The van der Waals surface area contributed by atoms with Gasteiger partial charge < -0.3 is 4.74 Å². The molecule has 6 nitrogen and oxygen atoms in total. The Morgan fingerprint density at radius 3 is 2.96 bits per heavy atom. The molecule has 6 heteroatoms. The van der Waals surface area contributed by atoms with Crippen LogP contribution in [0.2, 0.25) is 0 Å². The van der Waals surface area contributed by atoms with Gasteiger partial charge in [-0.25, -0.2) is 14.8 Å². The van der Waals surface area contributed by atoms with Crippen LogP contribution in [0.4, 0.5) is 0 Å². The summed E-state index contributed by atoms with van der Waals surface area (Å²) in [4.78, 5) is 24.2. The summed E-state index contributed by atoms with van der Waals surface area (Å²) in [5.41, 5.74) is 3.45. The molecule has 3 aromatic rings. The lowest BCUT2D eigenvalue weighted by Crippen LogP contribution is -2.18. The first-order valence-electron chi connectivity index (χ1n) is 8.58. The Labute approximate surface area is 151 Å². The minimum absolute atomic E-state index is 0.214. The van der Waals surface area contributed by atoms with Crippen LogP contribution in [0.3, 0.4) is 0 Å². The molecule has 3 rings (SSSR count). The van der Waals surface area contributed by atoms with Gasteiger partial charge in [-0.15, -0.1) is 0 Å². The molecule has 0 saturated heterocycles.